The Balaban J connectivity index is 1.79. The lowest BCUT2D eigenvalue weighted by Crippen LogP contribution is -2.57. The maximum Gasteiger partial charge on any atom is 0.410 e. The number of carbonyl (C=O) groups is 1. The summed E-state index contributed by atoms with van der Waals surface area (Å²) in [6, 6.07) is 3.41. The van der Waals surface area contributed by atoms with Crippen LogP contribution < -0.4 is 10.5 Å². The molecule has 104 valence electrons. The number of ether oxygens (including phenoxy) is 2. The Morgan fingerprint density at radius 3 is 2.74 bits per heavy atom. The number of hydrogen-bond acceptors (Lipinski definition) is 5. The van der Waals surface area contributed by atoms with E-state index >= 15 is 0 Å². The highest BCUT2D eigenvalue weighted by Crippen LogP contribution is 2.20. The number of pyridine rings is 1. The van der Waals surface area contributed by atoms with Crippen molar-refractivity contribution in [3.8, 4) is 5.75 Å². The van der Waals surface area contributed by atoms with Crippen molar-refractivity contribution in [2.24, 2.45) is 0 Å². The molecule has 0 atom stereocenters. The first-order valence-corrected chi connectivity index (χ1v) is 6.19. The van der Waals surface area contributed by atoms with E-state index in [-0.39, 0.29) is 12.2 Å². The number of carbonyl (C=O) groups excluding carboxylic acids is 1. The molecule has 1 aromatic heterocycles. The van der Waals surface area contributed by atoms with Crippen molar-refractivity contribution in [3.05, 3.63) is 18.3 Å². The molecule has 0 aliphatic carbocycles. The molecule has 6 heteroatoms. The standard InChI is InChI=1S/C13H19N3O3/c1-13(2,3)19-12(17)16-7-10(8-16)18-9-4-5-15-11(14)6-9/h4-6,10H,7-8H2,1-3H3,(H2,14,15). The highest BCUT2D eigenvalue weighted by atomic mass is 16.6. The molecule has 0 spiro atoms. The van der Waals surface area contributed by atoms with E-state index in [0.717, 1.165) is 0 Å². The number of nitrogen functional groups attached to an aromatic ring is 1. The minimum Gasteiger partial charge on any atom is -0.487 e. The summed E-state index contributed by atoms with van der Waals surface area (Å²) in [5.41, 5.74) is 5.09. The van der Waals surface area contributed by atoms with Crippen molar-refractivity contribution in [1.29, 1.82) is 0 Å². The molecule has 0 radical (unpaired) electrons. The smallest absolute Gasteiger partial charge is 0.410 e. The number of nitrogens with zero attached hydrogens (tertiary/aromatic N) is 2. The van der Waals surface area contributed by atoms with Crippen molar-refractivity contribution in [3.63, 3.8) is 0 Å². The number of nitrogens with two attached hydrogens (primary N) is 1. The van der Waals surface area contributed by atoms with Crippen LogP contribution in [0.1, 0.15) is 20.8 Å². The first-order valence-electron chi connectivity index (χ1n) is 6.19. The number of hydrogen-bond donors (Lipinski definition) is 1. The summed E-state index contributed by atoms with van der Waals surface area (Å²) < 4.78 is 10.9. The first-order chi connectivity index (χ1) is 8.83. The molecule has 1 saturated heterocycles. The van der Waals surface area contributed by atoms with Gasteiger partial charge in [-0.05, 0) is 26.8 Å². The largest absolute Gasteiger partial charge is 0.487 e. The lowest BCUT2D eigenvalue weighted by molar-refractivity contribution is -0.0221. The predicted molar refractivity (Wildman–Crippen MR) is 70.9 cm³/mol. The molecule has 6 nitrogen and oxygen atoms in total. The van der Waals surface area contributed by atoms with Gasteiger partial charge in [0.2, 0.25) is 0 Å². The number of aromatic nitrogens is 1. The molecule has 1 fully saturated rings. The van der Waals surface area contributed by atoms with Gasteiger partial charge in [0.1, 0.15) is 23.3 Å². The van der Waals surface area contributed by atoms with Crippen LogP contribution in [0.5, 0.6) is 5.75 Å². The molecule has 2 rings (SSSR count). The zero-order valence-corrected chi connectivity index (χ0v) is 11.4. The van der Waals surface area contributed by atoms with E-state index in [2.05, 4.69) is 4.98 Å². The summed E-state index contributed by atoms with van der Waals surface area (Å²) in [7, 11) is 0. The molecule has 0 bridgehead atoms. The normalized spacial score (nSPS) is 15.8. The average Bonchev–Trinajstić information content (AvgIpc) is 2.20. The fraction of sp³-hybridized carbons (Fsp3) is 0.538. The molecule has 0 saturated carbocycles. The average molecular weight is 265 g/mol. The van der Waals surface area contributed by atoms with E-state index in [1.54, 1.807) is 23.2 Å². The predicted octanol–water partition coefficient (Wildman–Crippen LogP) is 1.66. The maximum absolute atomic E-state index is 11.7. The zero-order valence-electron chi connectivity index (χ0n) is 11.4. The highest BCUT2D eigenvalue weighted by molar-refractivity contribution is 5.69. The van der Waals surface area contributed by atoms with E-state index in [4.69, 9.17) is 15.2 Å². The lowest BCUT2D eigenvalue weighted by atomic mass is 10.1. The Hall–Kier alpha value is -1.98. The third-order valence-corrected chi connectivity index (χ3v) is 2.56. The third kappa shape index (κ3) is 3.74. The number of rotatable bonds is 2. The van der Waals surface area contributed by atoms with E-state index < -0.39 is 5.60 Å². The Labute approximate surface area is 112 Å². The Kier molecular flexibility index (Phi) is 3.50. The van der Waals surface area contributed by atoms with E-state index in [0.29, 0.717) is 24.7 Å². The topological polar surface area (TPSA) is 77.7 Å². The van der Waals surface area contributed by atoms with Crippen LogP contribution in [0.3, 0.4) is 0 Å². The van der Waals surface area contributed by atoms with Gasteiger partial charge in [-0.2, -0.15) is 0 Å². The van der Waals surface area contributed by atoms with Crippen LogP contribution in [0, 0.1) is 0 Å². The number of likely N-dealkylation sites (tertiary alicyclic amines) is 1. The minimum absolute atomic E-state index is 0.0191. The summed E-state index contributed by atoms with van der Waals surface area (Å²) in [5.74, 6) is 1.09. The van der Waals surface area contributed by atoms with Crippen LogP contribution in [0.15, 0.2) is 18.3 Å². The second-order valence-electron chi connectivity index (χ2n) is 5.54. The van der Waals surface area contributed by atoms with Crippen LogP contribution in [0.2, 0.25) is 0 Å². The molecule has 1 aliphatic heterocycles. The molecular formula is C13H19N3O3. The summed E-state index contributed by atoms with van der Waals surface area (Å²) in [4.78, 5) is 17.2. The van der Waals surface area contributed by atoms with E-state index in [9.17, 15) is 4.79 Å². The first kappa shape index (κ1) is 13.5. The molecule has 1 aromatic rings. The summed E-state index contributed by atoms with van der Waals surface area (Å²) >= 11 is 0. The van der Waals surface area contributed by atoms with Gasteiger partial charge >= 0.3 is 6.09 Å². The fourth-order valence-electron chi connectivity index (χ4n) is 1.68. The van der Waals surface area contributed by atoms with Gasteiger partial charge < -0.3 is 20.1 Å². The van der Waals surface area contributed by atoms with Gasteiger partial charge in [-0.25, -0.2) is 9.78 Å². The van der Waals surface area contributed by atoms with Crippen LogP contribution in [-0.4, -0.2) is 40.8 Å². The van der Waals surface area contributed by atoms with Crippen LogP contribution in [0.25, 0.3) is 0 Å². The van der Waals surface area contributed by atoms with Crippen LogP contribution in [-0.2, 0) is 4.74 Å². The zero-order chi connectivity index (χ0) is 14.0. The summed E-state index contributed by atoms with van der Waals surface area (Å²) in [6.07, 6.45) is 1.27. The number of amides is 1. The van der Waals surface area contributed by atoms with Gasteiger partial charge in [0.15, 0.2) is 0 Å². The van der Waals surface area contributed by atoms with Gasteiger partial charge in [0, 0.05) is 12.3 Å². The second kappa shape index (κ2) is 4.95. The SMILES string of the molecule is CC(C)(C)OC(=O)N1CC(Oc2ccnc(N)c2)C1. The van der Waals surface area contributed by atoms with Crippen molar-refractivity contribution in [2.75, 3.05) is 18.8 Å². The van der Waals surface area contributed by atoms with Gasteiger partial charge in [-0.15, -0.1) is 0 Å². The van der Waals surface area contributed by atoms with Gasteiger partial charge in [-0.3, -0.25) is 0 Å². The van der Waals surface area contributed by atoms with Crippen molar-refractivity contribution >= 4 is 11.9 Å². The summed E-state index contributed by atoms with van der Waals surface area (Å²) in [5, 5.41) is 0. The molecule has 2 heterocycles. The second-order valence-corrected chi connectivity index (χ2v) is 5.54. The molecule has 2 N–H and O–H groups in total. The van der Waals surface area contributed by atoms with E-state index in [1.807, 2.05) is 20.8 Å². The Morgan fingerprint density at radius 1 is 1.47 bits per heavy atom. The van der Waals surface area contributed by atoms with Gasteiger partial charge in [0.05, 0.1) is 13.1 Å². The van der Waals surface area contributed by atoms with Crippen molar-refractivity contribution in [2.45, 2.75) is 32.5 Å². The van der Waals surface area contributed by atoms with Crippen LogP contribution >= 0.6 is 0 Å². The summed E-state index contributed by atoms with van der Waals surface area (Å²) in [6.45, 7) is 6.59. The van der Waals surface area contributed by atoms with E-state index in [1.165, 1.54) is 0 Å². The van der Waals surface area contributed by atoms with Gasteiger partial charge in [0.25, 0.3) is 0 Å². The minimum atomic E-state index is -0.470. The molecule has 0 aromatic carbocycles. The Bertz CT molecular complexity index is 464. The quantitative estimate of drug-likeness (QED) is 0.880. The molecular weight excluding hydrogens is 246 g/mol. The van der Waals surface area contributed by atoms with Crippen molar-refractivity contribution in [1.82, 2.24) is 9.88 Å². The molecule has 1 amide bonds. The molecule has 1 aliphatic rings. The monoisotopic (exact) mass is 265 g/mol. The lowest BCUT2D eigenvalue weighted by Gasteiger charge is -2.39. The maximum atomic E-state index is 11.7. The molecule has 0 unspecified atom stereocenters. The number of anilines is 1. The highest BCUT2D eigenvalue weighted by Gasteiger charge is 2.35. The third-order valence-electron chi connectivity index (χ3n) is 2.56. The fourth-order valence-corrected chi connectivity index (χ4v) is 1.68. The Morgan fingerprint density at radius 2 is 2.16 bits per heavy atom. The van der Waals surface area contributed by atoms with Crippen molar-refractivity contribution < 1.29 is 14.3 Å². The van der Waals surface area contributed by atoms with Gasteiger partial charge in [-0.1, -0.05) is 0 Å². The van der Waals surface area contributed by atoms with Crippen LogP contribution in [0.4, 0.5) is 10.6 Å². The molecule has 19 heavy (non-hydrogen) atoms.